The third-order valence-corrected chi connectivity index (χ3v) is 3.49. The molecule has 2 rings (SSSR count). The number of anilines is 1. The van der Waals surface area contributed by atoms with Crippen molar-refractivity contribution in [3.8, 4) is 0 Å². The molecule has 0 saturated carbocycles. The predicted octanol–water partition coefficient (Wildman–Crippen LogP) is 1.36. The predicted molar refractivity (Wildman–Crippen MR) is 67.4 cm³/mol. The SMILES string of the molecule is CCNc1nnc(C(=O)NCc2nccs2)s1. The number of hydrogen-bond donors (Lipinski definition) is 2. The number of thiazole rings is 1. The van der Waals surface area contributed by atoms with Crippen LogP contribution in [0.5, 0.6) is 0 Å². The van der Waals surface area contributed by atoms with Crippen LogP contribution in [0.15, 0.2) is 11.6 Å². The Bertz CT molecular complexity index is 481. The fraction of sp³-hybridized carbons (Fsp3) is 0.333. The van der Waals surface area contributed by atoms with Crippen LogP contribution in [-0.4, -0.2) is 27.6 Å². The highest BCUT2D eigenvalue weighted by atomic mass is 32.1. The van der Waals surface area contributed by atoms with Gasteiger partial charge in [0.05, 0.1) is 6.54 Å². The third-order valence-electron chi connectivity index (χ3n) is 1.83. The zero-order valence-corrected chi connectivity index (χ0v) is 10.8. The average Bonchev–Trinajstić information content (AvgIpc) is 2.97. The Morgan fingerprint density at radius 3 is 3.06 bits per heavy atom. The minimum absolute atomic E-state index is 0.221. The first-order valence-electron chi connectivity index (χ1n) is 5.03. The van der Waals surface area contributed by atoms with Crippen molar-refractivity contribution < 1.29 is 4.79 Å². The Balaban J connectivity index is 1.90. The van der Waals surface area contributed by atoms with Crippen molar-refractivity contribution in [1.82, 2.24) is 20.5 Å². The first-order chi connectivity index (χ1) is 8.29. The van der Waals surface area contributed by atoms with Crippen molar-refractivity contribution in [2.75, 3.05) is 11.9 Å². The Labute approximate surface area is 106 Å². The average molecular weight is 269 g/mol. The molecular formula is C9H11N5OS2. The van der Waals surface area contributed by atoms with Crippen LogP contribution in [0.1, 0.15) is 21.7 Å². The topological polar surface area (TPSA) is 79.8 Å². The third kappa shape index (κ3) is 3.21. The Hall–Kier alpha value is -1.54. The lowest BCUT2D eigenvalue weighted by Gasteiger charge is -1.98. The molecule has 17 heavy (non-hydrogen) atoms. The van der Waals surface area contributed by atoms with E-state index in [2.05, 4.69) is 25.8 Å². The van der Waals surface area contributed by atoms with Gasteiger partial charge >= 0.3 is 0 Å². The van der Waals surface area contributed by atoms with Gasteiger partial charge in [0.2, 0.25) is 10.1 Å². The highest BCUT2D eigenvalue weighted by molar-refractivity contribution is 7.17. The van der Waals surface area contributed by atoms with E-state index >= 15 is 0 Å². The fourth-order valence-corrected chi connectivity index (χ4v) is 2.39. The maximum Gasteiger partial charge on any atom is 0.282 e. The summed E-state index contributed by atoms with van der Waals surface area (Å²) in [7, 11) is 0. The van der Waals surface area contributed by atoms with Crippen LogP contribution in [0.2, 0.25) is 0 Å². The van der Waals surface area contributed by atoms with Crippen LogP contribution in [-0.2, 0) is 6.54 Å². The molecule has 0 fully saturated rings. The van der Waals surface area contributed by atoms with Gasteiger partial charge in [-0.15, -0.1) is 21.5 Å². The molecule has 2 aromatic heterocycles. The molecule has 2 heterocycles. The van der Waals surface area contributed by atoms with E-state index in [1.807, 2.05) is 12.3 Å². The van der Waals surface area contributed by atoms with Crippen molar-refractivity contribution in [1.29, 1.82) is 0 Å². The molecule has 1 amide bonds. The first-order valence-corrected chi connectivity index (χ1v) is 6.73. The summed E-state index contributed by atoms with van der Waals surface area (Å²) in [6.07, 6.45) is 1.71. The molecule has 0 aliphatic carbocycles. The van der Waals surface area contributed by atoms with Gasteiger partial charge < -0.3 is 10.6 Å². The second-order valence-electron chi connectivity index (χ2n) is 3.05. The summed E-state index contributed by atoms with van der Waals surface area (Å²) in [6, 6.07) is 0. The van der Waals surface area contributed by atoms with Crippen molar-refractivity contribution in [3.05, 3.63) is 21.6 Å². The number of amides is 1. The smallest absolute Gasteiger partial charge is 0.282 e. The summed E-state index contributed by atoms with van der Waals surface area (Å²) in [6.45, 7) is 3.14. The van der Waals surface area contributed by atoms with Gasteiger partial charge in [-0.3, -0.25) is 4.79 Å². The molecule has 0 aromatic carbocycles. The van der Waals surface area contributed by atoms with Crippen LogP contribution in [0, 0.1) is 0 Å². The van der Waals surface area contributed by atoms with Crippen molar-refractivity contribution in [2.24, 2.45) is 0 Å². The number of nitrogens with zero attached hydrogens (tertiary/aromatic N) is 3. The summed E-state index contributed by atoms with van der Waals surface area (Å²) in [5, 5.41) is 17.2. The van der Waals surface area contributed by atoms with E-state index in [1.165, 1.54) is 22.7 Å². The van der Waals surface area contributed by atoms with Gasteiger partial charge in [-0.1, -0.05) is 11.3 Å². The van der Waals surface area contributed by atoms with Gasteiger partial charge in [-0.25, -0.2) is 4.98 Å². The van der Waals surface area contributed by atoms with E-state index in [4.69, 9.17) is 0 Å². The van der Waals surface area contributed by atoms with Crippen molar-refractivity contribution >= 4 is 33.7 Å². The Morgan fingerprint density at radius 1 is 1.47 bits per heavy atom. The molecular weight excluding hydrogens is 258 g/mol. The van der Waals surface area contributed by atoms with Crippen LogP contribution in [0.4, 0.5) is 5.13 Å². The highest BCUT2D eigenvalue weighted by Gasteiger charge is 2.12. The van der Waals surface area contributed by atoms with Gasteiger partial charge in [0.1, 0.15) is 5.01 Å². The summed E-state index contributed by atoms with van der Waals surface area (Å²) < 4.78 is 0. The summed E-state index contributed by atoms with van der Waals surface area (Å²) >= 11 is 2.74. The molecule has 8 heteroatoms. The second kappa shape index (κ2) is 5.69. The molecule has 0 aliphatic heterocycles. The van der Waals surface area contributed by atoms with Crippen LogP contribution >= 0.6 is 22.7 Å². The van der Waals surface area contributed by atoms with Gasteiger partial charge in [-0.2, -0.15) is 0 Å². The van der Waals surface area contributed by atoms with E-state index in [1.54, 1.807) is 6.20 Å². The van der Waals surface area contributed by atoms with E-state index in [-0.39, 0.29) is 5.91 Å². The van der Waals surface area contributed by atoms with Crippen molar-refractivity contribution in [2.45, 2.75) is 13.5 Å². The lowest BCUT2D eigenvalue weighted by molar-refractivity contribution is 0.0950. The largest absolute Gasteiger partial charge is 0.360 e. The highest BCUT2D eigenvalue weighted by Crippen LogP contribution is 2.14. The molecule has 0 atom stereocenters. The van der Waals surface area contributed by atoms with Crippen LogP contribution < -0.4 is 10.6 Å². The molecule has 0 radical (unpaired) electrons. The Kier molecular flexibility index (Phi) is 3.99. The molecule has 0 saturated heterocycles. The normalized spacial score (nSPS) is 10.2. The number of hydrogen-bond acceptors (Lipinski definition) is 7. The van der Waals surface area contributed by atoms with Crippen LogP contribution in [0.25, 0.3) is 0 Å². The number of carbonyl (C=O) groups excluding carboxylic acids is 1. The minimum atomic E-state index is -0.221. The summed E-state index contributed by atoms with van der Waals surface area (Å²) in [5.74, 6) is -0.221. The Morgan fingerprint density at radius 2 is 2.35 bits per heavy atom. The molecule has 0 spiro atoms. The van der Waals surface area contributed by atoms with E-state index < -0.39 is 0 Å². The van der Waals surface area contributed by atoms with Gasteiger partial charge in [0.15, 0.2) is 0 Å². The molecule has 0 bridgehead atoms. The standard InChI is InChI=1S/C9H11N5OS2/c1-2-10-9-14-13-8(17-9)7(15)12-5-6-11-3-4-16-6/h3-4H,2,5H2,1H3,(H,10,14)(H,12,15). The van der Waals surface area contributed by atoms with Crippen LogP contribution in [0.3, 0.4) is 0 Å². The summed E-state index contributed by atoms with van der Waals surface area (Å²) in [4.78, 5) is 15.8. The zero-order chi connectivity index (χ0) is 12.1. The molecule has 6 nitrogen and oxygen atoms in total. The van der Waals surface area contributed by atoms with E-state index in [0.717, 1.165) is 11.6 Å². The lowest BCUT2D eigenvalue weighted by Crippen LogP contribution is -2.22. The zero-order valence-electron chi connectivity index (χ0n) is 9.14. The number of rotatable bonds is 5. The molecule has 0 unspecified atom stereocenters. The summed E-state index contributed by atoms with van der Waals surface area (Å²) in [5.41, 5.74) is 0. The van der Waals surface area contributed by atoms with Gasteiger partial charge in [0.25, 0.3) is 5.91 Å². The molecule has 90 valence electrons. The first kappa shape index (κ1) is 11.9. The maximum atomic E-state index is 11.7. The fourth-order valence-electron chi connectivity index (χ4n) is 1.11. The number of carbonyl (C=O) groups is 1. The van der Waals surface area contributed by atoms with Crippen molar-refractivity contribution in [3.63, 3.8) is 0 Å². The second-order valence-corrected chi connectivity index (χ2v) is 5.01. The van der Waals surface area contributed by atoms with E-state index in [9.17, 15) is 4.79 Å². The van der Waals surface area contributed by atoms with Gasteiger partial charge in [-0.05, 0) is 6.92 Å². The molecule has 0 aliphatic rings. The van der Waals surface area contributed by atoms with E-state index in [0.29, 0.717) is 16.7 Å². The quantitative estimate of drug-likeness (QED) is 0.856. The maximum absolute atomic E-state index is 11.7. The lowest BCUT2D eigenvalue weighted by atomic mass is 10.6. The monoisotopic (exact) mass is 269 g/mol. The number of aromatic nitrogens is 3. The molecule has 2 aromatic rings. The molecule has 2 N–H and O–H groups in total. The van der Waals surface area contributed by atoms with Gasteiger partial charge in [0, 0.05) is 18.1 Å². The minimum Gasteiger partial charge on any atom is -0.360 e. The number of nitrogens with one attached hydrogen (secondary N) is 2.